The second-order valence-electron chi connectivity index (χ2n) is 6.96. The smallest absolute Gasteiger partial charge is 0.0470 e. The zero-order chi connectivity index (χ0) is 15.5. The van der Waals surface area contributed by atoms with Crippen molar-refractivity contribution in [3.8, 4) is 0 Å². The molecule has 1 atom stereocenters. The summed E-state index contributed by atoms with van der Waals surface area (Å²) < 4.78 is 2.22. The van der Waals surface area contributed by atoms with E-state index in [4.69, 9.17) is 5.73 Å². The van der Waals surface area contributed by atoms with Crippen LogP contribution < -0.4 is 5.73 Å². The summed E-state index contributed by atoms with van der Waals surface area (Å²) in [6, 6.07) is 11.2. The van der Waals surface area contributed by atoms with E-state index in [9.17, 15) is 0 Å². The Morgan fingerprint density at radius 3 is 2.33 bits per heavy atom. The molecule has 1 aromatic carbocycles. The minimum Gasteiger partial charge on any atom is -0.350 e. The van der Waals surface area contributed by atoms with E-state index in [0.29, 0.717) is 0 Å². The minimum atomic E-state index is 0.166. The third-order valence-electron chi connectivity index (χ3n) is 3.99. The van der Waals surface area contributed by atoms with Gasteiger partial charge in [0, 0.05) is 25.0 Å². The Morgan fingerprint density at radius 1 is 1.10 bits per heavy atom. The van der Waals surface area contributed by atoms with Gasteiger partial charge in [0.1, 0.15) is 0 Å². The molecule has 21 heavy (non-hydrogen) atoms. The fourth-order valence-corrected chi connectivity index (χ4v) is 2.58. The molecule has 114 valence electrons. The van der Waals surface area contributed by atoms with Gasteiger partial charge in [-0.1, -0.05) is 58.4 Å². The van der Waals surface area contributed by atoms with Crippen molar-refractivity contribution in [2.45, 2.75) is 58.5 Å². The number of nitrogens with two attached hydrogens (primary N) is 1. The molecule has 0 aliphatic heterocycles. The predicted molar refractivity (Wildman–Crippen MR) is 90.5 cm³/mol. The van der Waals surface area contributed by atoms with Crippen LogP contribution in [0.25, 0.3) is 0 Å². The highest BCUT2D eigenvalue weighted by atomic mass is 14.9. The van der Waals surface area contributed by atoms with Crippen molar-refractivity contribution < 1.29 is 0 Å². The van der Waals surface area contributed by atoms with Crippen molar-refractivity contribution >= 4 is 0 Å². The van der Waals surface area contributed by atoms with E-state index in [1.165, 1.54) is 16.7 Å². The van der Waals surface area contributed by atoms with Gasteiger partial charge >= 0.3 is 0 Å². The molecular weight excluding hydrogens is 256 g/mol. The molecule has 0 aliphatic rings. The largest absolute Gasteiger partial charge is 0.350 e. The van der Waals surface area contributed by atoms with Gasteiger partial charge in [0.05, 0.1) is 0 Å². The van der Waals surface area contributed by atoms with E-state index in [1.807, 2.05) is 0 Å². The van der Waals surface area contributed by atoms with Crippen LogP contribution in [0, 0.1) is 0 Å². The summed E-state index contributed by atoms with van der Waals surface area (Å²) in [5.74, 6) is 0. The third kappa shape index (κ3) is 4.21. The van der Waals surface area contributed by atoms with E-state index in [1.54, 1.807) is 0 Å². The van der Waals surface area contributed by atoms with Gasteiger partial charge in [0.15, 0.2) is 0 Å². The summed E-state index contributed by atoms with van der Waals surface area (Å²) in [5.41, 5.74) is 10.3. The number of aromatic nitrogens is 1. The second kappa shape index (κ2) is 6.48. The topological polar surface area (TPSA) is 30.9 Å². The van der Waals surface area contributed by atoms with Crippen LogP contribution in [0.1, 0.15) is 63.3 Å². The van der Waals surface area contributed by atoms with Crippen LogP contribution in [0.5, 0.6) is 0 Å². The van der Waals surface area contributed by atoms with Crippen molar-refractivity contribution in [3.05, 3.63) is 59.4 Å². The predicted octanol–water partition coefficient (Wildman–Crippen LogP) is 4.63. The molecule has 2 nitrogen and oxygen atoms in total. The van der Waals surface area contributed by atoms with Crippen molar-refractivity contribution in [3.63, 3.8) is 0 Å². The maximum Gasteiger partial charge on any atom is 0.0470 e. The van der Waals surface area contributed by atoms with Crippen LogP contribution >= 0.6 is 0 Å². The van der Waals surface area contributed by atoms with Crippen LogP contribution in [-0.2, 0) is 12.0 Å². The number of nitrogens with zero attached hydrogens (tertiary/aromatic N) is 1. The van der Waals surface area contributed by atoms with Gasteiger partial charge in [-0.3, -0.25) is 0 Å². The monoisotopic (exact) mass is 284 g/mol. The molecule has 0 saturated heterocycles. The first kappa shape index (κ1) is 15.8. The van der Waals surface area contributed by atoms with E-state index >= 15 is 0 Å². The third-order valence-corrected chi connectivity index (χ3v) is 3.99. The molecule has 0 aliphatic carbocycles. The Balaban J connectivity index is 2.05. The van der Waals surface area contributed by atoms with Crippen molar-refractivity contribution in [2.24, 2.45) is 5.73 Å². The van der Waals surface area contributed by atoms with Crippen molar-refractivity contribution in [1.29, 1.82) is 0 Å². The maximum atomic E-state index is 6.17. The molecule has 0 saturated carbocycles. The summed E-state index contributed by atoms with van der Waals surface area (Å²) in [5, 5.41) is 0. The van der Waals surface area contributed by atoms with Crippen LogP contribution in [0.2, 0.25) is 0 Å². The Kier molecular flexibility index (Phi) is 4.89. The summed E-state index contributed by atoms with van der Waals surface area (Å²) in [6.07, 6.45) is 6.48. The second-order valence-corrected chi connectivity index (χ2v) is 6.96. The summed E-state index contributed by atoms with van der Waals surface area (Å²) in [7, 11) is 0. The average molecular weight is 284 g/mol. The first-order valence-electron chi connectivity index (χ1n) is 7.91. The maximum absolute atomic E-state index is 6.17. The zero-order valence-electron chi connectivity index (χ0n) is 13.8. The van der Waals surface area contributed by atoms with Gasteiger partial charge in [-0.2, -0.15) is 0 Å². The van der Waals surface area contributed by atoms with Gasteiger partial charge < -0.3 is 10.3 Å². The molecule has 2 N–H and O–H groups in total. The van der Waals surface area contributed by atoms with E-state index in [2.05, 4.69) is 75.0 Å². The lowest BCUT2D eigenvalue weighted by molar-refractivity contribution is 0.589. The van der Waals surface area contributed by atoms with E-state index in [0.717, 1.165) is 19.4 Å². The normalized spacial score (nSPS) is 13.4. The summed E-state index contributed by atoms with van der Waals surface area (Å²) >= 11 is 0. The van der Waals surface area contributed by atoms with Crippen LogP contribution in [0.3, 0.4) is 0 Å². The molecule has 0 radical (unpaired) electrons. The molecule has 2 heteroatoms. The lowest BCUT2D eigenvalue weighted by atomic mass is 9.87. The fourth-order valence-electron chi connectivity index (χ4n) is 2.58. The fraction of sp³-hybridized carbons (Fsp3) is 0.474. The standard InChI is InChI=1S/C19H28N2/c1-5-6-18(20)16-11-12-21(14-16)13-15-7-9-17(10-8-15)19(2,3)4/h7-12,14,18H,5-6,13,20H2,1-4H3. The number of benzene rings is 1. The molecular formula is C19H28N2. The van der Waals surface area contributed by atoms with Gasteiger partial charge in [-0.15, -0.1) is 0 Å². The lowest BCUT2D eigenvalue weighted by Gasteiger charge is -2.19. The lowest BCUT2D eigenvalue weighted by Crippen LogP contribution is -2.11. The Morgan fingerprint density at radius 2 is 1.76 bits per heavy atom. The van der Waals surface area contributed by atoms with Crippen LogP contribution in [0.4, 0.5) is 0 Å². The molecule has 1 aromatic heterocycles. The molecule has 0 amide bonds. The summed E-state index contributed by atoms with van der Waals surface area (Å²) in [6.45, 7) is 9.82. The summed E-state index contributed by atoms with van der Waals surface area (Å²) in [4.78, 5) is 0. The zero-order valence-corrected chi connectivity index (χ0v) is 13.8. The van der Waals surface area contributed by atoms with Crippen molar-refractivity contribution in [2.75, 3.05) is 0 Å². The van der Waals surface area contributed by atoms with Crippen molar-refractivity contribution in [1.82, 2.24) is 4.57 Å². The molecule has 0 spiro atoms. The molecule has 1 heterocycles. The van der Waals surface area contributed by atoms with Gasteiger partial charge in [-0.05, 0) is 34.6 Å². The highest BCUT2D eigenvalue weighted by molar-refractivity contribution is 5.28. The molecule has 2 aromatic rings. The van der Waals surface area contributed by atoms with Gasteiger partial charge in [0.2, 0.25) is 0 Å². The molecule has 0 fully saturated rings. The van der Waals surface area contributed by atoms with E-state index in [-0.39, 0.29) is 11.5 Å². The quantitative estimate of drug-likeness (QED) is 0.852. The first-order chi connectivity index (χ1) is 9.90. The Bertz CT molecular complexity index is 558. The number of rotatable bonds is 5. The molecule has 0 bridgehead atoms. The highest BCUT2D eigenvalue weighted by Gasteiger charge is 2.13. The first-order valence-corrected chi connectivity index (χ1v) is 7.91. The average Bonchev–Trinajstić information content (AvgIpc) is 2.87. The molecule has 2 rings (SSSR count). The van der Waals surface area contributed by atoms with Gasteiger partial charge in [-0.25, -0.2) is 0 Å². The van der Waals surface area contributed by atoms with Crippen LogP contribution in [0.15, 0.2) is 42.7 Å². The Labute approximate surface area is 129 Å². The molecule has 1 unspecified atom stereocenters. The minimum absolute atomic E-state index is 0.166. The van der Waals surface area contributed by atoms with E-state index < -0.39 is 0 Å². The Hall–Kier alpha value is -1.54. The van der Waals surface area contributed by atoms with Crippen LogP contribution in [-0.4, -0.2) is 4.57 Å². The number of hydrogen-bond acceptors (Lipinski definition) is 1. The number of hydrogen-bond donors (Lipinski definition) is 1. The highest BCUT2D eigenvalue weighted by Crippen LogP contribution is 2.22. The SMILES string of the molecule is CCCC(N)c1ccn(Cc2ccc(C(C)(C)C)cc2)c1. The van der Waals surface area contributed by atoms with Gasteiger partial charge in [0.25, 0.3) is 0 Å².